The lowest BCUT2D eigenvalue weighted by Crippen LogP contribution is -2.40. The third-order valence-electron chi connectivity index (χ3n) is 9.93. The fourth-order valence-electron chi connectivity index (χ4n) is 7.89. The smallest absolute Gasteiger partial charge is 0.265 e. The summed E-state index contributed by atoms with van der Waals surface area (Å²) >= 11 is 1.28. The quantitative estimate of drug-likeness (QED) is 0.353. The highest BCUT2D eigenvalue weighted by Crippen LogP contribution is 2.93. The predicted molar refractivity (Wildman–Crippen MR) is 155 cm³/mol. The number of nitrogens with one attached hydrogen (secondary N) is 1. The van der Waals surface area contributed by atoms with E-state index in [1.165, 1.54) is 37.6 Å². The molecule has 1 unspecified atom stereocenters. The second-order valence-corrected chi connectivity index (χ2v) is 14.0. The van der Waals surface area contributed by atoms with Crippen LogP contribution in [-0.4, -0.2) is 49.1 Å². The van der Waals surface area contributed by atoms with Crippen LogP contribution in [0.4, 0.5) is 5.82 Å². The monoisotopic (exact) mass is 561 g/mol. The standard InChI is InChI=1S/C30H39N7O2S/c1-19-16-28(3,4)36(17-19)26-21(27(38)34-40-22-18-35(5)32-20(22)2)6-7-24(31-26)37-14-8-25(33-37)39-15-9-23-29(10-11-29)30(23)12-13-30/h6-8,14,18-19,23H,9-13,15-17H2,1-5H3,(H,34,38). The highest BCUT2D eigenvalue weighted by atomic mass is 32.2. The molecule has 9 nitrogen and oxygen atoms in total. The molecule has 40 heavy (non-hydrogen) atoms. The second-order valence-electron chi connectivity index (χ2n) is 13.2. The van der Waals surface area contributed by atoms with Crippen LogP contribution in [0.2, 0.25) is 0 Å². The predicted octanol–water partition coefficient (Wildman–Crippen LogP) is 5.33. The van der Waals surface area contributed by atoms with Crippen molar-refractivity contribution in [2.75, 3.05) is 18.1 Å². The summed E-state index contributed by atoms with van der Waals surface area (Å²) < 4.78 is 12.6. The lowest BCUT2D eigenvalue weighted by atomic mass is 9.97. The van der Waals surface area contributed by atoms with Crippen molar-refractivity contribution in [3.63, 3.8) is 0 Å². The summed E-state index contributed by atoms with van der Waals surface area (Å²) in [5.74, 6) is 3.18. The van der Waals surface area contributed by atoms with Gasteiger partial charge in [0, 0.05) is 37.6 Å². The largest absolute Gasteiger partial charge is 0.477 e. The summed E-state index contributed by atoms with van der Waals surface area (Å²) in [5.41, 5.74) is 2.73. The van der Waals surface area contributed by atoms with Gasteiger partial charge in [-0.15, -0.1) is 5.10 Å². The third kappa shape index (κ3) is 4.21. The molecule has 3 aliphatic carbocycles. The maximum atomic E-state index is 13.5. The summed E-state index contributed by atoms with van der Waals surface area (Å²) in [4.78, 5) is 21.7. The molecule has 1 aliphatic heterocycles. The van der Waals surface area contributed by atoms with Crippen LogP contribution in [0.5, 0.6) is 5.88 Å². The number of pyridine rings is 1. The van der Waals surface area contributed by atoms with Crippen LogP contribution < -0.4 is 14.4 Å². The number of aryl methyl sites for hydroxylation is 2. The number of fused-ring (bicyclic) bond motifs is 1. The van der Waals surface area contributed by atoms with Crippen molar-refractivity contribution in [1.82, 2.24) is 29.3 Å². The Kier molecular flexibility index (Phi) is 5.83. The molecule has 1 N–H and O–H groups in total. The Bertz CT molecular complexity index is 1450. The molecule has 0 bridgehead atoms. The minimum atomic E-state index is -0.177. The second kappa shape index (κ2) is 8.99. The average Bonchev–Trinajstić information content (AvgIpc) is 3.84. The van der Waals surface area contributed by atoms with Crippen LogP contribution in [0.3, 0.4) is 0 Å². The maximum absolute atomic E-state index is 13.5. The van der Waals surface area contributed by atoms with E-state index in [4.69, 9.17) is 9.72 Å². The van der Waals surface area contributed by atoms with Crippen molar-refractivity contribution >= 4 is 23.7 Å². The molecule has 1 amide bonds. The molecule has 0 radical (unpaired) electrons. The molecule has 2 spiro atoms. The van der Waals surface area contributed by atoms with E-state index in [0.29, 0.717) is 39.8 Å². The Morgan fingerprint density at radius 2 is 1.90 bits per heavy atom. The fourth-order valence-corrected chi connectivity index (χ4v) is 8.60. The number of aromatic nitrogens is 5. The van der Waals surface area contributed by atoms with Gasteiger partial charge in [-0.1, -0.05) is 6.92 Å². The topological polar surface area (TPSA) is 90.1 Å². The number of hydrogen-bond acceptors (Lipinski definition) is 7. The number of hydrogen-bond donors (Lipinski definition) is 1. The van der Waals surface area contributed by atoms with Gasteiger partial charge in [-0.3, -0.25) is 14.2 Å². The van der Waals surface area contributed by atoms with Gasteiger partial charge in [0.15, 0.2) is 5.82 Å². The number of ether oxygens (including phenoxy) is 1. The summed E-state index contributed by atoms with van der Waals surface area (Å²) in [7, 11) is 1.88. The molecule has 4 heterocycles. The Morgan fingerprint density at radius 3 is 2.52 bits per heavy atom. The fraction of sp³-hybridized carbons (Fsp3) is 0.600. The lowest BCUT2D eigenvalue weighted by molar-refractivity contribution is 0.0984. The summed E-state index contributed by atoms with van der Waals surface area (Å²) in [6.45, 7) is 10.2. The zero-order chi connectivity index (χ0) is 27.9. The van der Waals surface area contributed by atoms with Crippen LogP contribution >= 0.6 is 11.9 Å². The van der Waals surface area contributed by atoms with E-state index >= 15 is 0 Å². The van der Waals surface area contributed by atoms with E-state index in [0.717, 1.165) is 42.5 Å². The first-order valence-electron chi connectivity index (χ1n) is 14.6. The zero-order valence-electron chi connectivity index (χ0n) is 24.1. The first-order chi connectivity index (χ1) is 19.1. The normalized spacial score (nSPS) is 23.1. The SMILES string of the molecule is Cc1nn(C)cc1SNC(=O)c1ccc(-n2ccc(OCCC3C4(CC4)C34CC4)n2)nc1N1CC(C)CC1(C)C. The molecule has 10 heteroatoms. The van der Waals surface area contributed by atoms with Crippen molar-refractivity contribution in [3.8, 4) is 11.7 Å². The number of carbonyl (C=O) groups excluding carboxylic acids is 1. The van der Waals surface area contributed by atoms with E-state index in [1.54, 1.807) is 9.36 Å². The average molecular weight is 562 g/mol. The highest BCUT2D eigenvalue weighted by molar-refractivity contribution is 7.98. The lowest BCUT2D eigenvalue weighted by Gasteiger charge is -2.34. The van der Waals surface area contributed by atoms with E-state index in [9.17, 15) is 4.79 Å². The van der Waals surface area contributed by atoms with Crippen LogP contribution in [0.1, 0.15) is 75.3 Å². The molecular formula is C30H39N7O2S. The van der Waals surface area contributed by atoms with Crippen LogP contribution in [0.15, 0.2) is 35.5 Å². The molecule has 3 aromatic heterocycles. The van der Waals surface area contributed by atoms with Gasteiger partial charge in [0.1, 0.15) is 5.82 Å². The number of anilines is 1. The minimum Gasteiger partial charge on any atom is -0.477 e. The number of carbonyl (C=O) groups is 1. The van der Waals surface area contributed by atoms with Crippen LogP contribution in [0, 0.1) is 29.6 Å². The first-order valence-corrected chi connectivity index (χ1v) is 15.4. The van der Waals surface area contributed by atoms with Crippen molar-refractivity contribution < 1.29 is 9.53 Å². The highest BCUT2D eigenvalue weighted by Gasteiger charge is 2.85. The minimum absolute atomic E-state index is 0.119. The molecule has 4 aliphatic rings. The van der Waals surface area contributed by atoms with Gasteiger partial charge in [0.25, 0.3) is 5.91 Å². The van der Waals surface area contributed by atoms with Crippen LogP contribution in [0.25, 0.3) is 5.82 Å². The zero-order valence-corrected chi connectivity index (χ0v) is 24.9. The number of rotatable bonds is 9. The number of amides is 1. The van der Waals surface area contributed by atoms with E-state index in [1.807, 2.05) is 44.6 Å². The summed E-state index contributed by atoms with van der Waals surface area (Å²) in [6, 6.07) is 5.63. The molecule has 3 aromatic rings. The molecule has 7 rings (SSSR count). The van der Waals surface area contributed by atoms with Gasteiger partial charge in [-0.25, -0.2) is 9.67 Å². The van der Waals surface area contributed by atoms with Gasteiger partial charge in [-0.2, -0.15) is 5.10 Å². The van der Waals surface area contributed by atoms with Crippen molar-refractivity contribution in [2.45, 2.75) is 76.7 Å². The van der Waals surface area contributed by atoms with E-state index in [2.05, 4.69) is 40.6 Å². The van der Waals surface area contributed by atoms with Gasteiger partial charge >= 0.3 is 0 Å². The molecule has 1 atom stereocenters. The molecule has 0 aromatic carbocycles. The van der Waals surface area contributed by atoms with E-state index < -0.39 is 0 Å². The molecule has 3 saturated carbocycles. The molecular weight excluding hydrogens is 522 g/mol. The summed E-state index contributed by atoms with van der Waals surface area (Å²) in [5, 5.41) is 9.05. The molecule has 4 fully saturated rings. The van der Waals surface area contributed by atoms with Gasteiger partial charge in [0.05, 0.1) is 22.8 Å². The third-order valence-corrected chi connectivity index (χ3v) is 10.8. The molecule has 212 valence electrons. The maximum Gasteiger partial charge on any atom is 0.265 e. The van der Waals surface area contributed by atoms with Crippen molar-refractivity contribution in [2.24, 2.45) is 29.7 Å². The molecule has 1 saturated heterocycles. The van der Waals surface area contributed by atoms with E-state index in [-0.39, 0.29) is 11.4 Å². The van der Waals surface area contributed by atoms with Crippen molar-refractivity contribution in [1.29, 1.82) is 0 Å². The first kappa shape index (κ1) is 25.9. The van der Waals surface area contributed by atoms with Gasteiger partial charge < -0.3 is 9.64 Å². The van der Waals surface area contributed by atoms with Crippen molar-refractivity contribution in [3.05, 3.63) is 41.9 Å². The van der Waals surface area contributed by atoms with Gasteiger partial charge in [0.2, 0.25) is 5.88 Å². The van der Waals surface area contributed by atoms with Crippen LogP contribution in [-0.2, 0) is 7.05 Å². The Labute approximate surface area is 240 Å². The number of nitrogens with zero attached hydrogens (tertiary/aromatic N) is 6. The Balaban J connectivity index is 1.09. The Hall–Kier alpha value is -3.01. The van der Waals surface area contributed by atoms with Gasteiger partial charge in [-0.05, 0) is 106 Å². The Morgan fingerprint density at radius 1 is 1.15 bits per heavy atom. The summed E-state index contributed by atoms with van der Waals surface area (Å²) in [6.07, 6.45) is 11.7.